The third-order valence-corrected chi connectivity index (χ3v) is 8.36. The maximum Gasteiger partial charge on any atom is 0.269 e. The maximum atomic E-state index is 13.9. The topological polar surface area (TPSA) is 119 Å². The van der Waals surface area contributed by atoms with Crippen molar-refractivity contribution in [2.24, 2.45) is 0 Å². The molecule has 0 N–H and O–H groups in total. The lowest BCUT2D eigenvalue weighted by Crippen LogP contribution is -2.32. The molecule has 0 bridgehead atoms. The van der Waals surface area contributed by atoms with E-state index >= 15 is 0 Å². The zero-order chi connectivity index (χ0) is 32.6. The molecule has 0 spiro atoms. The summed E-state index contributed by atoms with van der Waals surface area (Å²) in [6.45, 7) is 0.204. The van der Waals surface area contributed by atoms with Crippen LogP contribution < -0.4 is 14.4 Å². The van der Waals surface area contributed by atoms with Crippen molar-refractivity contribution in [2.75, 3.05) is 24.9 Å². The first-order valence-electron chi connectivity index (χ1n) is 14.0. The Morgan fingerprint density at radius 3 is 2.04 bits per heavy atom. The van der Waals surface area contributed by atoms with Crippen LogP contribution in [0.3, 0.4) is 0 Å². The van der Waals surface area contributed by atoms with E-state index in [9.17, 15) is 20.2 Å². The Bertz CT molecular complexity index is 1890. The van der Waals surface area contributed by atoms with Crippen molar-refractivity contribution >= 4 is 40.6 Å². The first kappa shape index (κ1) is 32.0. The van der Waals surface area contributed by atoms with Gasteiger partial charge >= 0.3 is 0 Å². The van der Waals surface area contributed by atoms with Crippen LogP contribution in [0.5, 0.6) is 11.5 Å². The molecule has 0 unspecified atom stereocenters. The SMILES string of the molecule is COc1ccc(-c2cc(-c3ccc(OC)cc3)c(C#N)c(SCC(=O)N(Cc3ccc(Cl)cc3)c3ccc([N+](=O)[O-])cc3)n2)cc1. The molecule has 0 atom stereocenters. The van der Waals surface area contributed by atoms with Gasteiger partial charge in [0, 0.05) is 34.0 Å². The lowest BCUT2D eigenvalue weighted by Gasteiger charge is -2.23. The van der Waals surface area contributed by atoms with E-state index in [1.165, 1.54) is 12.1 Å². The summed E-state index contributed by atoms with van der Waals surface area (Å²) in [5.41, 5.74) is 4.44. The second kappa shape index (κ2) is 14.6. The summed E-state index contributed by atoms with van der Waals surface area (Å²) in [4.78, 5) is 31.0. The van der Waals surface area contributed by atoms with Gasteiger partial charge in [0.15, 0.2) is 0 Å². The Labute approximate surface area is 275 Å². The molecular weight excluding hydrogens is 624 g/mol. The summed E-state index contributed by atoms with van der Waals surface area (Å²) in [5.74, 6) is 1.04. The van der Waals surface area contributed by atoms with Crippen molar-refractivity contribution in [3.8, 4) is 40.0 Å². The van der Waals surface area contributed by atoms with Crippen molar-refractivity contribution in [3.05, 3.63) is 129 Å². The Morgan fingerprint density at radius 2 is 1.50 bits per heavy atom. The summed E-state index contributed by atoms with van der Waals surface area (Å²) in [5, 5.41) is 22.5. The van der Waals surface area contributed by atoms with Crippen LogP contribution in [0.15, 0.2) is 108 Å². The van der Waals surface area contributed by atoms with Crippen LogP contribution in [-0.4, -0.2) is 35.8 Å². The van der Waals surface area contributed by atoms with Gasteiger partial charge in [-0.25, -0.2) is 4.98 Å². The Kier molecular flexibility index (Phi) is 10.2. The number of carbonyl (C=O) groups is 1. The fourth-order valence-corrected chi connectivity index (χ4v) is 5.71. The molecule has 1 aromatic heterocycles. The number of amides is 1. The number of anilines is 1. The molecule has 1 heterocycles. The van der Waals surface area contributed by atoms with Gasteiger partial charge in [-0.1, -0.05) is 47.6 Å². The van der Waals surface area contributed by atoms with E-state index in [-0.39, 0.29) is 23.9 Å². The number of benzene rings is 4. The number of ether oxygens (including phenoxy) is 2. The Balaban J connectivity index is 1.51. The summed E-state index contributed by atoms with van der Waals surface area (Å²) >= 11 is 7.22. The van der Waals surface area contributed by atoms with Crippen LogP contribution in [0.1, 0.15) is 11.1 Å². The van der Waals surface area contributed by atoms with Gasteiger partial charge in [0.05, 0.1) is 42.7 Å². The van der Waals surface area contributed by atoms with Gasteiger partial charge in [0.25, 0.3) is 5.69 Å². The highest BCUT2D eigenvalue weighted by Gasteiger charge is 2.21. The van der Waals surface area contributed by atoms with Crippen molar-refractivity contribution in [1.29, 1.82) is 5.26 Å². The van der Waals surface area contributed by atoms with Crippen molar-refractivity contribution in [1.82, 2.24) is 4.98 Å². The highest BCUT2D eigenvalue weighted by Crippen LogP contribution is 2.36. The lowest BCUT2D eigenvalue weighted by molar-refractivity contribution is -0.384. The molecule has 0 saturated heterocycles. The predicted molar refractivity (Wildman–Crippen MR) is 179 cm³/mol. The smallest absolute Gasteiger partial charge is 0.269 e. The van der Waals surface area contributed by atoms with Crippen molar-refractivity contribution < 1.29 is 19.2 Å². The molecule has 230 valence electrons. The fourth-order valence-electron chi connectivity index (χ4n) is 4.70. The van der Waals surface area contributed by atoms with Gasteiger partial charge in [-0.05, 0) is 77.9 Å². The van der Waals surface area contributed by atoms with E-state index in [0.29, 0.717) is 44.1 Å². The zero-order valence-corrected chi connectivity index (χ0v) is 26.4. The number of non-ortho nitro benzene ring substituents is 1. The summed E-state index contributed by atoms with van der Waals surface area (Å²) < 4.78 is 10.6. The van der Waals surface area contributed by atoms with Gasteiger partial charge in [-0.15, -0.1) is 0 Å². The fraction of sp³-hybridized carbons (Fsp3) is 0.114. The van der Waals surface area contributed by atoms with Crippen molar-refractivity contribution in [2.45, 2.75) is 11.6 Å². The van der Waals surface area contributed by atoms with E-state index in [4.69, 9.17) is 26.1 Å². The normalized spacial score (nSPS) is 10.6. The first-order chi connectivity index (χ1) is 22.3. The second-order valence-corrected chi connectivity index (χ2v) is 11.4. The summed E-state index contributed by atoms with van der Waals surface area (Å²) in [6, 6.07) is 31.9. The average molecular weight is 651 g/mol. The van der Waals surface area contributed by atoms with E-state index in [2.05, 4.69) is 6.07 Å². The molecule has 0 saturated carbocycles. The first-order valence-corrected chi connectivity index (χ1v) is 15.3. The number of halogens is 1. The molecule has 9 nitrogen and oxygen atoms in total. The van der Waals surface area contributed by atoms with Gasteiger partial charge in [0.2, 0.25) is 5.91 Å². The predicted octanol–water partition coefficient (Wildman–Crippen LogP) is 8.19. The molecular formula is C35H27ClN4O5S. The molecule has 5 aromatic rings. The number of hydrogen-bond acceptors (Lipinski definition) is 8. The number of rotatable bonds is 11. The third-order valence-electron chi connectivity index (χ3n) is 7.14. The van der Waals surface area contributed by atoms with Gasteiger partial charge in [-0.3, -0.25) is 14.9 Å². The molecule has 0 aliphatic carbocycles. The Hall–Kier alpha value is -5.37. The van der Waals surface area contributed by atoms with Crippen LogP contribution in [0.4, 0.5) is 11.4 Å². The average Bonchev–Trinajstić information content (AvgIpc) is 3.10. The highest BCUT2D eigenvalue weighted by molar-refractivity contribution is 8.00. The number of aromatic nitrogens is 1. The number of thioether (sulfide) groups is 1. The minimum absolute atomic E-state index is 0.0552. The molecule has 0 fully saturated rings. The van der Waals surface area contributed by atoms with Crippen LogP contribution in [-0.2, 0) is 11.3 Å². The van der Waals surface area contributed by atoms with Crippen LogP contribution in [0, 0.1) is 21.4 Å². The number of nitro benzene ring substituents is 1. The van der Waals surface area contributed by atoms with E-state index in [0.717, 1.165) is 28.5 Å². The lowest BCUT2D eigenvalue weighted by atomic mass is 9.99. The highest BCUT2D eigenvalue weighted by atomic mass is 35.5. The van der Waals surface area contributed by atoms with E-state index in [1.807, 2.05) is 66.7 Å². The summed E-state index contributed by atoms with van der Waals surface area (Å²) in [6.07, 6.45) is 0. The van der Waals surface area contributed by atoms with E-state index < -0.39 is 4.92 Å². The number of methoxy groups -OCH3 is 2. The molecule has 4 aromatic carbocycles. The number of hydrogen-bond donors (Lipinski definition) is 0. The number of nitriles is 1. The van der Waals surface area contributed by atoms with Crippen LogP contribution in [0.25, 0.3) is 22.4 Å². The second-order valence-electron chi connectivity index (χ2n) is 9.97. The molecule has 0 aliphatic heterocycles. The number of carbonyl (C=O) groups excluding carboxylic acids is 1. The minimum atomic E-state index is -0.490. The Morgan fingerprint density at radius 1 is 0.913 bits per heavy atom. The van der Waals surface area contributed by atoms with Gasteiger partial charge < -0.3 is 14.4 Å². The molecule has 46 heavy (non-hydrogen) atoms. The van der Waals surface area contributed by atoms with Crippen molar-refractivity contribution in [3.63, 3.8) is 0 Å². The molecule has 11 heteroatoms. The zero-order valence-electron chi connectivity index (χ0n) is 24.8. The third kappa shape index (κ3) is 7.46. The largest absolute Gasteiger partial charge is 0.497 e. The minimum Gasteiger partial charge on any atom is -0.497 e. The summed E-state index contributed by atoms with van der Waals surface area (Å²) in [7, 11) is 3.18. The monoisotopic (exact) mass is 650 g/mol. The van der Waals surface area contributed by atoms with Gasteiger partial charge in [-0.2, -0.15) is 5.26 Å². The molecule has 0 radical (unpaired) electrons. The van der Waals surface area contributed by atoms with Gasteiger partial charge in [0.1, 0.15) is 22.6 Å². The van der Waals surface area contributed by atoms with Crippen LogP contribution in [0.2, 0.25) is 5.02 Å². The van der Waals surface area contributed by atoms with Crippen LogP contribution >= 0.6 is 23.4 Å². The number of nitrogens with zero attached hydrogens (tertiary/aromatic N) is 4. The molecule has 0 aliphatic rings. The standard InChI is InChI=1S/C35H27ClN4O5S/c1-44-29-15-5-24(6-16-29)31-19-33(25-7-17-30(45-2)18-8-25)38-35(32(31)20-37)46-22-34(41)39(21-23-3-9-26(36)10-4-23)27-11-13-28(14-12-27)40(42)43/h3-19H,21-22H2,1-2H3. The molecule has 5 rings (SSSR count). The molecule has 1 amide bonds. The number of pyridine rings is 1. The number of nitro groups is 1. The maximum absolute atomic E-state index is 13.9. The van der Waals surface area contributed by atoms with E-state index in [1.54, 1.807) is 43.4 Å². The quantitative estimate of drug-likeness (QED) is 0.0797.